The van der Waals surface area contributed by atoms with E-state index in [0.29, 0.717) is 10.7 Å². The van der Waals surface area contributed by atoms with Crippen molar-refractivity contribution >= 4 is 33.2 Å². The van der Waals surface area contributed by atoms with Crippen molar-refractivity contribution in [3.8, 4) is 0 Å². The number of amides is 1. The number of halogens is 1. The van der Waals surface area contributed by atoms with Crippen LogP contribution in [0.3, 0.4) is 0 Å². The lowest BCUT2D eigenvalue weighted by molar-refractivity contribution is -0.384. The summed E-state index contributed by atoms with van der Waals surface area (Å²) in [6, 6.07) is 3.13. The van der Waals surface area contributed by atoms with Gasteiger partial charge in [-0.05, 0) is 12.5 Å². The highest BCUT2D eigenvalue weighted by Gasteiger charge is 2.41. The topological polar surface area (TPSA) is 97.6 Å². The number of carbonyl (C=O) groups is 1. The molecule has 1 aromatic carbocycles. The second-order valence-corrected chi connectivity index (χ2v) is 6.07. The van der Waals surface area contributed by atoms with Crippen molar-refractivity contribution in [2.24, 2.45) is 0 Å². The molecule has 1 heterocycles. The van der Waals surface area contributed by atoms with Gasteiger partial charge in [-0.1, -0.05) is 0 Å². The van der Waals surface area contributed by atoms with Crippen LogP contribution in [0.5, 0.6) is 0 Å². The number of carbonyl (C=O) groups excluding carboxylic acids is 1. The Morgan fingerprint density at radius 1 is 1.37 bits per heavy atom. The Kier molecular flexibility index (Phi) is 3.46. The summed E-state index contributed by atoms with van der Waals surface area (Å²) in [7, 11) is -3.91. The highest BCUT2D eigenvalue weighted by Crippen LogP contribution is 2.32. The van der Waals surface area contributed by atoms with Crippen LogP contribution in [0.2, 0.25) is 0 Å². The summed E-state index contributed by atoms with van der Waals surface area (Å²) in [6.45, 7) is -0.0346. The van der Waals surface area contributed by atoms with Crippen LogP contribution in [0.25, 0.3) is 0 Å². The van der Waals surface area contributed by atoms with E-state index in [1.54, 1.807) is 0 Å². The number of sulfonamides is 1. The molecule has 0 radical (unpaired) electrons. The van der Waals surface area contributed by atoms with E-state index in [0.717, 1.165) is 18.2 Å². The van der Waals surface area contributed by atoms with Crippen LogP contribution in [0.4, 0.5) is 5.69 Å². The molecule has 0 saturated heterocycles. The molecule has 102 valence electrons. The van der Waals surface area contributed by atoms with Crippen LogP contribution >= 0.6 is 11.6 Å². The highest BCUT2D eigenvalue weighted by atomic mass is 35.5. The minimum atomic E-state index is -3.91. The van der Waals surface area contributed by atoms with E-state index < -0.39 is 20.9 Å². The number of hydrogen-bond donors (Lipinski definition) is 0. The number of nitrogens with zero attached hydrogens (tertiary/aromatic N) is 2. The van der Waals surface area contributed by atoms with Crippen LogP contribution in [0.15, 0.2) is 23.1 Å². The molecular formula is C10H9ClN2O5S. The van der Waals surface area contributed by atoms with Gasteiger partial charge in [0.2, 0.25) is 0 Å². The summed E-state index contributed by atoms with van der Waals surface area (Å²) in [5.41, 5.74) is -0.481. The van der Waals surface area contributed by atoms with E-state index in [9.17, 15) is 23.3 Å². The predicted molar refractivity (Wildman–Crippen MR) is 66.7 cm³/mol. The summed E-state index contributed by atoms with van der Waals surface area (Å²) in [4.78, 5) is 21.7. The van der Waals surface area contributed by atoms with Gasteiger partial charge in [0.15, 0.2) is 0 Å². The zero-order valence-electron chi connectivity index (χ0n) is 9.58. The van der Waals surface area contributed by atoms with Gasteiger partial charge in [-0.25, -0.2) is 12.7 Å². The molecule has 0 aliphatic carbocycles. The molecule has 0 fully saturated rings. The summed E-state index contributed by atoms with van der Waals surface area (Å²) in [6.07, 6.45) is 0.322. The fourth-order valence-electron chi connectivity index (χ4n) is 1.81. The summed E-state index contributed by atoms with van der Waals surface area (Å²) >= 11 is 5.48. The van der Waals surface area contributed by atoms with Gasteiger partial charge >= 0.3 is 0 Å². The average Bonchev–Trinajstić information content (AvgIpc) is 2.55. The molecule has 0 spiro atoms. The molecule has 9 heteroatoms. The lowest BCUT2D eigenvalue weighted by atomic mass is 10.2. The van der Waals surface area contributed by atoms with Crippen molar-refractivity contribution in [3.63, 3.8) is 0 Å². The zero-order valence-corrected chi connectivity index (χ0v) is 11.1. The normalized spacial score (nSPS) is 16.5. The third-order valence-electron chi connectivity index (χ3n) is 2.69. The van der Waals surface area contributed by atoms with E-state index >= 15 is 0 Å². The number of benzene rings is 1. The molecule has 0 unspecified atom stereocenters. The molecule has 0 atom stereocenters. The molecule has 19 heavy (non-hydrogen) atoms. The molecule has 0 bridgehead atoms. The number of nitro benzene ring substituents is 1. The Balaban J connectivity index is 2.50. The summed E-state index contributed by atoms with van der Waals surface area (Å²) in [5.74, 6) is -0.528. The SMILES string of the molecule is O=C1c2cc([N+](=O)[O-])ccc2S(=O)(=O)N1CCCCl. The standard InChI is InChI=1S/C10H9ClN2O5S/c11-4-1-5-12-10(14)8-6-7(13(15)16)2-3-9(8)19(12,17)18/h2-3,6H,1,4-5H2. The van der Waals surface area contributed by atoms with Crippen molar-refractivity contribution < 1.29 is 18.1 Å². The van der Waals surface area contributed by atoms with Gasteiger partial charge in [0, 0.05) is 24.6 Å². The van der Waals surface area contributed by atoms with E-state index in [1.807, 2.05) is 0 Å². The number of rotatable bonds is 4. The van der Waals surface area contributed by atoms with Gasteiger partial charge in [-0.2, -0.15) is 0 Å². The Morgan fingerprint density at radius 2 is 2.05 bits per heavy atom. The largest absolute Gasteiger partial charge is 0.270 e. The molecule has 1 aliphatic heterocycles. The minimum absolute atomic E-state index is 0.0346. The Bertz CT molecular complexity index is 658. The van der Waals surface area contributed by atoms with Crippen molar-refractivity contribution in [1.29, 1.82) is 0 Å². The second kappa shape index (κ2) is 4.78. The summed E-state index contributed by atoms with van der Waals surface area (Å²) in [5, 5.41) is 10.6. The average molecular weight is 305 g/mol. The maximum Gasteiger partial charge on any atom is 0.270 e. The van der Waals surface area contributed by atoms with Crippen molar-refractivity contribution in [2.45, 2.75) is 11.3 Å². The van der Waals surface area contributed by atoms with Crippen molar-refractivity contribution in [1.82, 2.24) is 4.31 Å². The molecule has 0 aromatic heterocycles. The first-order valence-electron chi connectivity index (χ1n) is 5.31. The Hall–Kier alpha value is -1.67. The number of fused-ring (bicyclic) bond motifs is 1. The first kappa shape index (κ1) is 13.8. The molecule has 0 saturated carbocycles. The van der Waals surface area contributed by atoms with Gasteiger partial charge in [-0.3, -0.25) is 14.9 Å². The maximum absolute atomic E-state index is 12.1. The molecule has 1 aliphatic rings. The first-order chi connectivity index (χ1) is 8.89. The number of non-ortho nitro benzene ring substituents is 1. The van der Waals surface area contributed by atoms with Crippen LogP contribution in [0.1, 0.15) is 16.8 Å². The lowest BCUT2D eigenvalue weighted by Gasteiger charge is -2.13. The highest BCUT2D eigenvalue weighted by molar-refractivity contribution is 7.90. The predicted octanol–water partition coefficient (Wildman–Crippen LogP) is 1.37. The van der Waals surface area contributed by atoms with E-state index in [2.05, 4.69) is 0 Å². The molecule has 1 amide bonds. The van der Waals surface area contributed by atoms with E-state index in [4.69, 9.17) is 11.6 Å². The molecule has 1 aromatic rings. The number of nitro groups is 1. The third-order valence-corrected chi connectivity index (χ3v) is 4.80. The van der Waals surface area contributed by atoms with Crippen molar-refractivity contribution in [3.05, 3.63) is 33.9 Å². The fraction of sp³-hybridized carbons (Fsp3) is 0.300. The van der Waals surface area contributed by atoms with E-state index in [1.165, 1.54) is 0 Å². The summed E-state index contributed by atoms with van der Waals surface area (Å²) < 4.78 is 24.8. The lowest BCUT2D eigenvalue weighted by Crippen LogP contribution is -2.31. The van der Waals surface area contributed by atoms with Gasteiger partial charge < -0.3 is 0 Å². The van der Waals surface area contributed by atoms with Gasteiger partial charge in [0.1, 0.15) is 4.90 Å². The first-order valence-corrected chi connectivity index (χ1v) is 7.28. The minimum Gasteiger partial charge on any atom is -0.268 e. The van der Waals surface area contributed by atoms with Gasteiger partial charge in [0.25, 0.3) is 21.6 Å². The molecule has 0 N–H and O–H groups in total. The quantitative estimate of drug-likeness (QED) is 0.475. The number of alkyl halides is 1. The van der Waals surface area contributed by atoms with Crippen LogP contribution in [0, 0.1) is 10.1 Å². The molecule has 7 nitrogen and oxygen atoms in total. The van der Waals surface area contributed by atoms with Gasteiger partial charge in [0.05, 0.1) is 10.5 Å². The van der Waals surface area contributed by atoms with Crippen LogP contribution in [-0.4, -0.2) is 36.0 Å². The third kappa shape index (κ3) is 2.17. The maximum atomic E-state index is 12.1. The van der Waals surface area contributed by atoms with Crippen LogP contribution in [-0.2, 0) is 10.0 Å². The monoisotopic (exact) mass is 304 g/mol. The second-order valence-electron chi connectivity index (χ2n) is 3.86. The van der Waals surface area contributed by atoms with Gasteiger partial charge in [-0.15, -0.1) is 11.6 Å². The fourth-order valence-corrected chi connectivity index (χ4v) is 3.52. The van der Waals surface area contributed by atoms with Crippen molar-refractivity contribution in [2.75, 3.05) is 12.4 Å². The molecular weight excluding hydrogens is 296 g/mol. The Labute approximate surface area is 114 Å². The zero-order chi connectivity index (χ0) is 14.2. The number of hydrogen-bond acceptors (Lipinski definition) is 5. The molecule has 2 rings (SSSR count). The Morgan fingerprint density at radius 3 is 2.63 bits per heavy atom. The van der Waals surface area contributed by atoms with Crippen LogP contribution < -0.4 is 0 Å². The van der Waals surface area contributed by atoms with E-state index in [-0.39, 0.29) is 28.6 Å². The smallest absolute Gasteiger partial charge is 0.268 e.